The van der Waals surface area contributed by atoms with Gasteiger partial charge in [-0.25, -0.2) is 0 Å². The highest BCUT2D eigenvalue weighted by atomic mass is 16.6. The van der Waals surface area contributed by atoms with Crippen LogP contribution in [0.5, 0.6) is 0 Å². The second-order valence-corrected chi connectivity index (χ2v) is 11.8. The van der Waals surface area contributed by atoms with Crippen molar-refractivity contribution in [3.8, 4) is 0 Å². The van der Waals surface area contributed by atoms with E-state index in [4.69, 9.17) is 0 Å². The summed E-state index contributed by atoms with van der Waals surface area (Å²) in [4.78, 5) is 46.4. The fourth-order valence-electron chi connectivity index (χ4n) is 8.03. The van der Waals surface area contributed by atoms with Crippen LogP contribution in [-0.2, 0) is 30.7 Å². The maximum Gasteiger partial charge on any atom is 0.269 e. The van der Waals surface area contributed by atoms with E-state index >= 15 is 0 Å². The molecule has 0 saturated carbocycles. The van der Waals surface area contributed by atoms with Gasteiger partial charge in [-0.15, -0.1) is 0 Å². The molecule has 1 saturated heterocycles. The zero-order valence-corrected chi connectivity index (χ0v) is 22.0. The Balaban J connectivity index is 1.20. The van der Waals surface area contributed by atoms with E-state index in [0.717, 1.165) is 40.7 Å². The molecule has 0 aliphatic carbocycles. The Hall–Kier alpha value is -4.40. The zero-order chi connectivity index (χ0) is 27.1. The van der Waals surface area contributed by atoms with Gasteiger partial charge in [-0.2, -0.15) is 0 Å². The Morgan fingerprint density at radius 2 is 1.93 bits per heavy atom. The molecular formula is C31H29N5O4. The molecular weight excluding hydrogens is 506 g/mol. The number of hydrogen-bond acceptors (Lipinski definition) is 5. The van der Waals surface area contributed by atoms with Crippen molar-refractivity contribution in [2.45, 2.75) is 44.3 Å². The molecule has 4 aliphatic rings. The molecule has 8 rings (SSSR count). The number of carbonyl (C=O) groups excluding carboxylic acids is 1. The topological polar surface area (TPSA) is 104 Å². The monoisotopic (exact) mass is 535 g/mol. The number of non-ortho nitro benzene ring substituents is 1. The van der Waals surface area contributed by atoms with Crippen LogP contribution in [0.25, 0.3) is 10.9 Å². The molecule has 2 aromatic carbocycles. The van der Waals surface area contributed by atoms with Gasteiger partial charge in [0.05, 0.1) is 10.8 Å². The van der Waals surface area contributed by atoms with Crippen LogP contribution in [0.3, 0.4) is 0 Å². The number of nitro groups is 1. The quantitative estimate of drug-likeness (QED) is 0.309. The molecule has 4 aliphatic heterocycles. The van der Waals surface area contributed by atoms with Crippen LogP contribution in [-0.4, -0.2) is 44.4 Å². The molecule has 2 aromatic heterocycles. The smallest absolute Gasteiger partial charge is 0.269 e. The predicted octanol–water partition coefficient (Wildman–Crippen LogP) is 3.99. The van der Waals surface area contributed by atoms with Crippen LogP contribution in [0, 0.1) is 22.0 Å². The third kappa shape index (κ3) is 3.39. The fraction of sp³-hybridized carbons (Fsp3) is 0.355. The third-order valence-corrected chi connectivity index (χ3v) is 9.71. The van der Waals surface area contributed by atoms with Gasteiger partial charge in [0.25, 0.3) is 11.2 Å². The molecule has 4 atom stereocenters. The number of nitro benzene ring substituents is 1. The largest absolute Gasteiger partial charge is 0.366 e. The Morgan fingerprint density at radius 3 is 2.80 bits per heavy atom. The molecule has 1 fully saturated rings. The summed E-state index contributed by atoms with van der Waals surface area (Å²) < 4.78 is 1.90. The molecule has 0 spiro atoms. The van der Waals surface area contributed by atoms with E-state index in [1.54, 1.807) is 18.2 Å². The molecule has 4 aromatic rings. The van der Waals surface area contributed by atoms with Gasteiger partial charge in [-0.1, -0.05) is 24.3 Å². The van der Waals surface area contributed by atoms with Gasteiger partial charge in [-0.05, 0) is 42.5 Å². The van der Waals surface area contributed by atoms with E-state index in [1.165, 1.54) is 11.3 Å². The van der Waals surface area contributed by atoms with Crippen LogP contribution >= 0.6 is 0 Å². The first-order valence-electron chi connectivity index (χ1n) is 14.1. The lowest BCUT2D eigenvalue weighted by molar-refractivity contribution is -0.384. The second kappa shape index (κ2) is 8.55. The van der Waals surface area contributed by atoms with E-state index in [2.05, 4.69) is 22.0 Å². The number of nitrogens with zero attached hydrogens (tertiary/aromatic N) is 4. The number of carbonyl (C=O) groups is 1. The van der Waals surface area contributed by atoms with E-state index in [1.807, 2.05) is 39.8 Å². The van der Waals surface area contributed by atoms with Gasteiger partial charge in [0.15, 0.2) is 0 Å². The summed E-state index contributed by atoms with van der Waals surface area (Å²) in [5.41, 5.74) is 6.43. The zero-order valence-electron chi connectivity index (χ0n) is 22.0. The number of benzene rings is 2. The highest BCUT2D eigenvalue weighted by Crippen LogP contribution is 2.48. The van der Waals surface area contributed by atoms with E-state index < -0.39 is 0 Å². The highest BCUT2D eigenvalue weighted by molar-refractivity contribution is 5.87. The van der Waals surface area contributed by atoms with Gasteiger partial charge in [0.2, 0.25) is 5.91 Å². The summed E-state index contributed by atoms with van der Waals surface area (Å²) >= 11 is 0. The molecule has 9 heteroatoms. The van der Waals surface area contributed by atoms with Crippen molar-refractivity contribution < 1.29 is 9.72 Å². The number of pyridine rings is 1. The Morgan fingerprint density at radius 1 is 1.05 bits per heavy atom. The maximum atomic E-state index is 14.5. The van der Waals surface area contributed by atoms with Crippen LogP contribution in [0.15, 0.2) is 65.5 Å². The number of fused-ring (bicyclic) bond motifs is 11. The molecule has 2 bridgehead atoms. The normalized spacial score (nSPS) is 24.6. The number of hydrogen-bond donors (Lipinski definition) is 1. The number of anilines is 1. The minimum absolute atomic E-state index is 0.0123. The molecule has 40 heavy (non-hydrogen) atoms. The first kappa shape index (κ1) is 23.5. The van der Waals surface area contributed by atoms with Crippen molar-refractivity contribution in [2.75, 3.05) is 18.0 Å². The number of amides is 1. The Kier molecular flexibility index (Phi) is 5.02. The summed E-state index contributed by atoms with van der Waals surface area (Å²) in [5.74, 6) is 0.0718. The average Bonchev–Trinajstić information content (AvgIpc) is 3.34. The number of piperidine rings is 1. The van der Waals surface area contributed by atoms with E-state index in [0.29, 0.717) is 32.6 Å². The van der Waals surface area contributed by atoms with Crippen LogP contribution < -0.4 is 10.5 Å². The number of rotatable bonds is 2. The minimum Gasteiger partial charge on any atom is -0.366 e. The van der Waals surface area contributed by atoms with Crippen molar-refractivity contribution in [1.82, 2.24) is 14.5 Å². The van der Waals surface area contributed by atoms with E-state index in [9.17, 15) is 19.7 Å². The number of nitrogens with one attached hydrogen (secondary N) is 1. The number of para-hydroxylation sites is 1. The van der Waals surface area contributed by atoms with Crippen LogP contribution in [0.1, 0.15) is 34.9 Å². The highest BCUT2D eigenvalue weighted by Gasteiger charge is 2.50. The Bertz CT molecular complexity index is 1770. The molecule has 9 nitrogen and oxygen atoms in total. The van der Waals surface area contributed by atoms with Gasteiger partial charge in [0.1, 0.15) is 0 Å². The molecule has 0 radical (unpaired) electrons. The summed E-state index contributed by atoms with van der Waals surface area (Å²) in [7, 11) is 0. The van der Waals surface area contributed by atoms with Gasteiger partial charge in [-0.3, -0.25) is 19.7 Å². The van der Waals surface area contributed by atoms with Crippen molar-refractivity contribution in [3.05, 3.63) is 104 Å². The van der Waals surface area contributed by atoms with Gasteiger partial charge >= 0.3 is 0 Å². The molecule has 1 N–H and O–H groups in total. The van der Waals surface area contributed by atoms with Crippen LogP contribution in [0.2, 0.25) is 0 Å². The number of aromatic amines is 1. The number of H-pyrrole nitrogens is 1. The minimum atomic E-state index is -0.361. The van der Waals surface area contributed by atoms with Crippen molar-refractivity contribution in [3.63, 3.8) is 0 Å². The lowest BCUT2D eigenvalue weighted by Crippen LogP contribution is -2.61. The summed E-state index contributed by atoms with van der Waals surface area (Å²) in [6.45, 7) is 2.47. The van der Waals surface area contributed by atoms with E-state index in [-0.39, 0.29) is 45.9 Å². The van der Waals surface area contributed by atoms with Crippen molar-refractivity contribution >= 4 is 28.2 Å². The maximum absolute atomic E-state index is 14.5. The number of aromatic nitrogens is 2. The average molecular weight is 536 g/mol. The van der Waals surface area contributed by atoms with Gasteiger partial charge in [0, 0.05) is 96.3 Å². The first-order chi connectivity index (χ1) is 19.5. The third-order valence-electron chi connectivity index (χ3n) is 9.71. The molecule has 1 amide bonds. The fourth-order valence-corrected chi connectivity index (χ4v) is 8.03. The molecule has 6 heterocycles. The lowest BCUT2D eigenvalue weighted by atomic mass is 9.69. The summed E-state index contributed by atoms with van der Waals surface area (Å²) in [5, 5.41) is 12.8. The van der Waals surface area contributed by atoms with Crippen molar-refractivity contribution in [1.29, 1.82) is 0 Å². The summed E-state index contributed by atoms with van der Waals surface area (Å²) in [6.07, 6.45) is 2.17. The SMILES string of the molecule is O=C([C@@H]1Cc2cc([N+](=O)[O-])ccc2N2C[C@H]3C[C@@H](Cn4c3cccc4=O)[C@@H]12)N1CCc2[nH]c3ccccc3c2C1. The van der Waals surface area contributed by atoms with Crippen molar-refractivity contribution in [2.24, 2.45) is 11.8 Å². The summed E-state index contributed by atoms with van der Waals surface area (Å²) in [6, 6.07) is 18.7. The molecule has 0 unspecified atom stereocenters. The Labute approximate surface area is 230 Å². The first-order valence-corrected chi connectivity index (χ1v) is 14.1. The van der Waals surface area contributed by atoms with Gasteiger partial charge < -0.3 is 19.4 Å². The second-order valence-electron chi connectivity index (χ2n) is 11.8. The standard InChI is InChI=1S/C31H29N5O4/c37-29-7-3-6-27-19-12-20(16-34(27)29)30-23(14-18-13-21(36(39)40)8-9-28(18)35(30)15-19)31(38)33-11-10-26-24(17-33)22-4-1-2-5-25(22)32-26/h1-9,13,19-20,23,30,32H,10-12,14-17H2/t19-,20+,23-,30+/m1/s1. The lowest BCUT2D eigenvalue weighted by Gasteiger charge is -2.54. The van der Waals surface area contributed by atoms with Crippen LogP contribution in [0.4, 0.5) is 11.4 Å². The molecule has 202 valence electrons. The predicted molar refractivity (Wildman–Crippen MR) is 150 cm³/mol.